The molecule has 2 amide bonds. The first-order chi connectivity index (χ1) is 16.8. The Kier molecular flexibility index (Phi) is 10.6. The van der Waals surface area contributed by atoms with Crippen LogP contribution in [0.2, 0.25) is 5.02 Å². The van der Waals surface area contributed by atoms with Crippen molar-refractivity contribution < 1.29 is 22.7 Å². The summed E-state index contributed by atoms with van der Waals surface area (Å²) in [5.41, 5.74) is 2.09. The van der Waals surface area contributed by atoms with Crippen LogP contribution >= 0.6 is 11.6 Å². The highest BCUT2D eigenvalue weighted by Gasteiger charge is 2.27. The van der Waals surface area contributed by atoms with E-state index < -0.39 is 16.1 Å². The molecule has 0 fully saturated rings. The van der Waals surface area contributed by atoms with Gasteiger partial charge in [0.05, 0.1) is 19.1 Å². The van der Waals surface area contributed by atoms with E-state index in [1.54, 1.807) is 51.3 Å². The number of rotatable bonds is 12. The van der Waals surface area contributed by atoms with Gasteiger partial charge >= 0.3 is 0 Å². The van der Waals surface area contributed by atoms with E-state index in [0.717, 1.165) is 17.4 Å². The summed E-state index contributed by atoms with van der Waals surface area (Å²) in [7, 11) is -2.02. The van der Waals surface area contributed by atoms with Crippen molar-refractivity contribution in [3.8, 4) is 5.75 Å². The van der Waals surface area contributed by atoms with Gasteiger partial charge < -0.3 is 15.0 Å². The third kappa shape index (κ3) is 8.41. The largest absolute Gasteiger partial charge is 0.497 e. The lowest BCUT2D eigenvalue weighted by atomic mass is 10.1. The molecule has 0 heterocycles. The molecule has 2 aromatic rings. The van der Waals surface area contributed by atoms with Crippen LogP contribution in [0, 0.1) is 6.92 Å². The third-order valence-electron chi connectivity index (χ3n) is 5.70. The second-order valence-electron chi connectivity index (χ2n) is 9.08. The average molecular weight is 538 g/mol. The molecule has 0 radical (unpaired) electrons. The van der Waals surface area contributed by atoms with Crippen LogP contribution in [-0.2, 0) is 26.2 Å². The van der Waals surface area contributed by atoms with Crippen LogP contribution in [-0.4, -0.2) is 57.1 Å². The fraction of sp³-hybridized carbons (Fsp3) is 0.462. The van der Waals surface area contributed by atoms with Gasteiger partial charge in [-0.3, -0.25) is 13.9 Å². The van der Waals surface area contributed by atoms with Gasteiger partial charge in [-0.2, -0.15) is 0 Å². The molecule has 0 bridgehead atoms. The minimum atomic E-state index is -3.60. The number of nitrogens with zero attached hydrogens (tertiary/aromatic N) is 2. The van der Waals surface area contributed by atoms with E-state index in [0.29, 0.717) is 16.5 Å². The van der Waals surface area contributed by atoms with Crippen molar-refractivity contribution >= 4 is 39.1 Å². The Balaban J connectivity index is 2.20. The standard InChI is InChI=1S/C26H36ClN3O5S/c1-18(2)28-26(32)20(4)29(17-21-10-13-23(35-5)14-11-21)25(31)8-7-15-30(36(6,33)34)24-16-22(27)12-9-19(24)3/h9-14,16,18,20H,7-8,15,17H2,1-6H3,(H,28,32)/t20-/m0/s1. The number of benzene rings is 2. The van der Waals surface area contributed by atoms with E-state index in [-0.39, 0.29) is 43.8 Å². The molecule has 0 aromatic heterocycles. The zero-order valence-electron chi connectivity index (χ0n) is 21.7. The van der Waals surface area contributed by atoms with Gasteiger partial charge in [0.25, 0.3) is 0 Å². The minimum absolute atomic E-state index is 0.0675. The second kappa shape index (κ2) is 13.0. The predicted molar refractivity (Wildman–Crippen MR) is 144 cm³/mol. The smallest absolute Gasteiger partial charge is 0.242 e. The molecule has 0 spiro atoms. The molecule has 2 rings (SSSR count). The molecular formula is C26H36ClN3O5S. The number of anilines is 1. The van der Waals surface area contributed by atoms with Crippen molar-refractivity contribution in [3.05, 3.63) is 58.6 Å². The maximum absolute atomic E-state index is 13.3. The molecule has 0 saturated carbocycles. The van der Waals surface area contributed by atoms with Gasteiger partial charge in [-0.1, -0.05) is 29.8 Å². The van der Waals surface area contributed by atoms with E-state index >= 15 is 0 Å². The molecule has 36 heavy (non-hydrogen) atoms. The summed E-state index contributed by atoms with van der Waals surface area (Å²) in [4.78, 5) is 27.6. The lowest BCUT2D eigenvalue weighted by molar-refractivity contribution is -0.140. The van der Waals surface area contributed by atoms with Gasteiger partial charge in [0.15, 0.2) is 0 Å². The van der Waals surface area contributed by atoms with Crippen LogP contribution in [0.15, 0.2) is 42.5 Å². The fourth-order valence-corrected chi connectivity index (χ4v) is 4.93. The topological polar surface area (TPSA) is 96.0 Å². The van der Waals surface area contributed by atoms with E-state index in [2.05, 4.69) is 5.32 Å². The van der Waals surface area contributed by atoms with Crippen LogP contribution in [0.4, 0.5) is 5.69 Å². The summed E-state index contributed by atoms with van der Waals surface area (Å²) in [6, 6.07) is 11.6. The van der Waals surface area contributed by atoms with Crippen molar-refractivity contribution in [3.63, 3.8) is 0 Å². The van der Waals surface area contributed by atoms with Gasteiger partial charge in [0.1, 0.15) is 11.8 Å². The Labute approximate surface area is 219 Å². The number of halogens is 1. The number of methoxy groups -OCH3 is 1. The Morgan fingerprint density at radius 3 is 2.28 bits per heavy atom. The van der Waals surface area contributed by atoms with Gasteiger partial charge in [0, 0.05) is 30.6 Å². The van der Waals surface area contributed by atoms with Crippen LogP contribution in [0.25, 0.3) is 0 Å². The summed E-state index contributed by atoms with van der Waals surface area (Å²) in [6.45, 7) is 7.56. The van der Waals surface area contributed by atoms with Gasteiger partial charge in [-0.05, 0) is 69.5 Å². The second-order valence-corrected chi connectivity index (χ2v) is 11.4. The van der Waals surface area contributed by atoms with Crippen molar-refractivity contribution in [2.45, 2.75) is 59.2 Å². The molecule has 198 valence electrons. The van der Waals surface area contributed by atoms with E-state index in [1.165, 1.54) is 9.21 Å². The van der Waals surface area contributed by atoms with Crippen LogP contribution in [0.3, 0.4) is 0 Å². The zero-order valence-corrected chi connectivity index (χ0v) is 23.3. The first kappa shape index (κ1) is 29.5. The quantitative estimate of drug-likeness (QED) is 0.439. The zero-order chi connectivity index (χ0) is 27.0. The summed E-state index contributed by atoms with van der Waals surface area (Å²) < 4.78 is 31.5. The first-order valence-corrected chi connectivity index (χ1v) is 14.0. The lowest BCUT2D eigenvalue weighted by Gasteiger charge is -2.30. The van der Waals surface area contributed by atoms with Gasteiger partial charge in [-0.25, -0.2) is 8.42 Å². The van der Waals surface area contributed by atoms with E-state index in [1.807, 2.05) is 26.0 Å². The Bertz CT molecular complexity index is 1150. The molecule has 0 saturated heterocycles. The van der Waals surface area contributed by atoms with Gasteiger partial charge in [0.2, 0.25) is 21.8 Å². The van der Waals surface area contributed by atoms with E-state index in [4.69, 9.17) is 16.3 Å². The maximum Gasteiger partial charge on any atom is 0.242 e. The highest BCUT2D eigenvalue weighted by Crippen LogP contribution is 2.27. The highest BCUT2D eigenvalue weighted by molar-refractivity contribution is 7.92. The predicted octanol–water partition coefficient (Wildman–Crippen LogP) is 4.15. The molecule has 8 nitrogen and oxygen atoms in total. The summed E-state index contributed by atoms with van der Waals surface area (Å²) >= 11 is 6.11. The van der Waals surface area contributed by atoms with Crippen molar-refractivity contribution in [2.75, 3.05) is 24.2 Å². The maximum atomic E-state index is 13.3. The fourth-order valence-electron chi connectivity index (χ4n) is 3.75. The number of carbonyl (C=O) groups excluding carboxylic acids is 2. The summed E-state index contributed by atoms with van der Waals surface area (Å²) in [5.74, 6) is 0.201. The molecule has 0 aliphatic carbocycles. The summed E-state index contributed by atoms with van der Waals surface area (Å²) in [5, 5.41) is 3.28. The molecular weight excluding hydrogens is 502 g/mol. The number of ether oxygens (including phenoxy) is 1. The minimum Gasteiger partial charge on any atom is -0.497 e. The first-order valence-electron chi connectivity index (χ1n) is 11.8. The Morgan fingerprint density at radius 1 is 1.08 bits per heavy atom. The average Bonchev–Trinajstić information content (AvgIpc) is 2.80. The van der Waals surface area contributed by atoms with E-state index in [9.17, 15) is 18.0 Å². The molecule has 10 heteroatoms. The van der Waals surface area contributed by atoms with Crippen LogP contribution in [0.5, 0.6) is 5.75 Å². The third-order valence-corrected chi connectivity index (χ3v) is 7.12. The number of nitrogens with one attached hydrogen (secondary N) is 1. The Morgan fingerprint density at radius 2 is 1.72 bits per heavy atom. The molecule has 1 atom stereocenters. The van der Waals surface area contributed by atoms with Crippen molar-refractivity contribution in [1.29, 1.82) is 0 Å². The van der Waals surface area contributed by atoms with Gasteiger partial charge in [-0.15, -0.1) is 0 Å². The number of hydrogen-bond donors (Lipinski definition) is 1. The monoisotopic (exact) mass is 537 g/mol. The molecule has 0 aliphatic rings. The van der Waals surface area contributed by atoms with Crippen molar-refractivity contribution in [2.24, 2.45) is 0 Å². The SMILES string of the molecule is COc1ccc(CN(C(=O)CCCN(c2cc(Cl)ccc2C)S(C)(=O)=O)[C@@H](C)C(=O)NC(C)C)cc1. The normalized spacial score (nSPS) is 12.2. The highest BCUT2D eigenvalue weighted by atomic mass is 35.5. The molecule has 2 aromatic carbocycles. The number of aryl methyl sites for hydroxylation is 1. The number of hydrogen-bond acceptors (Lipinski definition) is 5. The number of carbonyl (C=O) groups is 2. The summed E-state index contributed by atoms with van der Waals surface area (Å²) in [6.07, 6.45) is 1.47. The molecule has 1 N–H and O–H groups in total. The molecule has 0 aliphatic heterocycles. The Hall–Kier alpha value is -2.78. The van der Waals surface area contributed by atoms with Crippen molar-refractivity contribution in [1.82, 2.24) is 10.2 Å². The van der Waals surface area contributed by atoms with Crippen LogP contribution in [0.1, 0.15) is 44.7 Å². The molecule has 0 unspecified atom stereocenters. The number of sulfonamides is 1. The lowest BCUT2D eigenvalue weighted by Crippen LogP contribution is -2.49. The number of amides is 2. The van der Waals surface area contributed by atoms with Crippen LogP contribution < -0.4 is 14.4 Å².